The number of fused-ring (bicyclic) bond motifs is 1. The molecule has 0 spiro atoms. The van der Waals surface area contributed by atoms with Crippen molar-refractivity contribution in [1.82, 2.24) is 0 Å². The van der Waals surface area contributed by atoms with Crippen LogP contribution in [0.5, 0.6) is 0 Å². The van der Waals surface area contributed by atoms with Crippen LogP contribution in [0.15, 0.2) is 47.1 Å². The highest BCUT2D eigenvalue weighted by molar-refractivity contribution is 5.27. The Labute approximate surface area is 124 Å². The van der Waals surface area contributed by atoms with Gasteiger partial charge in [-0.05, 0) is 17.7 Å². The van der Waals surface area contributed by atoms with E-state index in [1.165, 1.54) is 16.0 Å². The Hall–Kier alpha value is -1.62. The SMILES string of the molecule is O[C@H](COCc1ccco1)C[NH+]1CCc2ccccc2C1. The third-order valence-electron chi connectivity index (χ3n) is 3.97. The van der Waals surface area contributed by atoms with Gasteiger partial charge in [-0.2, -0.15) is 0 Å². The van der Waals surface area contributed by atoms with Crippen LogP contribution in [0.4, 0.5) is 0 Å². The molecule has 1 aliphatic heterocycles. The molecule has 1 unspecified atom stereocenters. The van der Waals surface area contributed by atoms with E-state index >= 15 is 0 Å². The first-order valence-corrected chi connectivity index (χ1v) is 7.50. The summed E-state index contributed by atoms with van der Waals surface area (Å²) in [5.41, 5.74) is 2.85. The monoisotopic (exact) mass is 288 g/mol. The number of rotatable bonds is 6. The molecule has 0 saturated heterocycles. The van der Waals surface area contributed by atoms with Crippen LogP contribution in [0.3, 0.4) is 0 Å². The lowest BCUT2D eigenvalue weighted by Gasteiger charge is -2.27. The van der Waals surface area contributed by atoms with Gasteiger partial charge in [-0.15, -0.1) is 0 Å². The molecule has 2 aromatic rings. The molecule has 0 aliphatic carbocycles. The van der Waals surface area contributed by atoms with Crippen LogP contribution in [0.2, 0.25) is 0 Å². The zero-order chi connectivity index (χ0) is 14.5. The zero-order valence-electron chi connectivity index (χ0n) is 12.1. The molecule has 21 heavy (non-hydrogen) atoms. The zero-order valence-corrected chi connectivity index (χ0v) is 12.1. The molecule has 3 rings (SSSR count). The lowest BCUT2D eigenvalue weighted by Crippen LogP contribution is -3.12. The lowest BCUT2D eigenvalue weighted by molar-refractivity contribution is -0.919. The number of benzene rings is 1. The molecule has 2 N–H and O–H groups in total. The second-order valence-electron chi connectivity index (χ2n) is 5.65. The number of aliphatic hydroxyl groups is 1. The van der Waals surface area contributed by atoms with Gasteiger partial charge in [-0.3, -0.25) is 0 Å². The standard InChI is InChI=1S/C17H21NO3/c19-16(12-20-13-17-6-3-9-21-17)11-18-8-7-14-4-1-2-5-15(14)10-18/h1-6,9,16,19H,7-8,10-13H2/p+1/t16-/m0/s1. The van der Waals surface area contributed by atoms with E-state index < -0.39 is 6.10 Å². The second kappa shape index (κ2) is 6.89. The molecule has 1 aromatic carbocycles. The molecule has 4 nitrogen and oxygen atoms in total. The minimum Gasteiger partial charge on any atom is -0.467 e. The van der Waals surface area contributed by atoms with E-state index in [-0.39, 0.29) is 0 Å². The van der Waals surface area contributed by atoms with Crippen LogP contribution < -0.4 is 4.90 Å². The van der Waals surface area contributed by atoms with Gasteiger partial charge in [0, 0.05) is 12.0 Å². The molecule has 0 radical (unpaired) electrons. The van der Waals surface area contributed by atoms with Gasteiger partial charge >= 0.3 is 0 Å². The molecule has 0 fully saturated rings. The summed E-state index contributed by atoms with van der Waals surface area (Å²) in [5, 5.41) is 10.1. The largest absolute Gasteiger partial charge is 0.467 e. The van der Waals surface area contributed by atoms with Crippen molar-refractivity contribution in [2.75, 3.05) is 19.7 Å². The Kier molecular flexibility index (Phi) is 4.70. The lowest BCUT2D eigenvalue weighted by atomic mass is 10.00. The first kappa shape index (κ1) is 14.3. The fourth-order valence-electron chi connectivity index (χ4n) is 2.90. The third kappa shape index (κ3) is 3.94. The maximum Gasteiger partial charge on any atom is 0.129 e. The Bertz CT molecular complexity index is 553. The van der Waals surface area contributed by atoms with Gasteiger partial charge in [-0.25, -0.2) is 0 Å². The van der Waals surface area contributed by atoms with Crippen molar-refractivity contribution in [3.63, 3.8) is 0 Å². The summed E-state index contributed by atoms with van der Waals surface area (Å²) in [6.07, 6.45) is 2.29. The summed E-state index contributed by atoms with van der Waals surface area (Å²) in [6, 6.07) is 12.3. The summed E-state index contributed by atoms with van der Waals surface area (Å²) < 4.78 is 10.7. The number of nitrogens with one attached hydrogen (secondary N) is 1. The van der Waals surface area contributed by atoms with Crippen molar-refractivity contribution in [3.05, 3.63) is 59.5 Å². The molecule has 2 atom stereocenters. The molecular formula is C17H22NO3+. The fourth-order valence-corrected chi connectivity index (χ4v) is 2.90. The van der Waals surface area contributed by atoms with Gasteiger partial charge in [0.1, 0.15) is 31.6 Å². The Morgan fingerprint density at radius 3 is 2.86 bits per heavy atom. The van der Waals surface area contributed by atoms with Crippen molar-refractivity contribution >= 4 is 0 Å². The highest BCUT2D eigenvalue weighted by atomic mass is 16.5. The Balaban J connectivity index is 1.42. The number of aliphatic hydroxyl groups excluding tert-OH is 1. The summed E-state index contributed by atoms with van der Waals surface area (Å²) in [6.45, 7) is 3.57. The van der Waals surface area contributed by atoms with Crippen LogP contribution >= 0.6 is 0 Å². The average molecular weight is 288 g/mol. The van der Waals surface area contributed by atoms with E-state index in [9.17, 15) is 5.11 Å². The smallest absolute Gasteiger partial charge is 0.129 e. The van der Waals surface area contributed by atoms with E-state index in [0.717, 1.165) is 31.8 Å². The maximum absolute atomic E-state index is 10.1. The number of quaternary nitrogens is 1. The Morgan fingerprint density at radius 1 is 1.19 bits per heavy atom. The van der Waals surface area contributed by atoms with Gasteiger partial charge < -0.3 is 19.2 Å². The van der Waals surface area contributed by atoms with Crippen molar-refractivity contribution in [2.45, 2.75) is 25.7 Å². The van der Waals surface area contributed by atoms with Gasteiger partial charge in [0.2, 0.25) is 0 Å². The van der Waals surface area contributed by atoms with Crippen LogP contribution in [0.1, 0.15) is 16.9 Å². The summed E-state index contributed by atoms with van der Waals surface area (Å²) in [4.78, 5) is 1.42. The predicted molar refractivity (Wildman–Crippen MR) is 78.9 cm³/mol. The molecule has 0 amide bonds. The van der Waals surface area contributed by atoms with E-state index in [1.54, 1.807) is 6.26 Å². The number of hydrogen-bond donors (Lipinski definition) is 2. The van der Waals surface area contributed by atoms with Crippen molar-refractivity contribution in [2.24, 2.45) is 0 Å². The molecular weight excluding hydrogens is 266 g/mol. The molecule has 0 saturated carbocycles. The number of hydrogen-bond acceptors (Lipinski definition) is 3. The molecule has 1 aliphatic rings. The average Bonchev–Trinajstić information content (AvgIpc) is 3.00. The second-order valence-corrected chi connectivity index (χ2v) is 5.65. The summed E-state index contributed by atoms with van der Waals surface area (Å²) >= 11 is 0. The van der Waals surface area contributed by atoms with Crippen LogP contribution in [-0.4, -0.2) is 30.9 Å². The number of furan rings is 1. The number of ether oxygens (including phenoxy) is 1. The van der Waals surface area contributed by atoms with Crippen molar-refractivity contribution in [3.8, 4) is 0 Å². The molecule has 2 heterocycles. The first-order valence-electron chi connectivity index (χ1n) is 7.50. The molecule has 4 heteroatoms. The molecule has 112 valence electrons. The van der Waals surface area contributed by atoms with Crippen LogP contribution in [0, 0.1) is 0 Å². The minimum absolute atomic E-state index is 0.353. The Morgan fingerprint density at radius 2 is 2.05 bits per heavy atom. The quantitative estimate of drug-likeness (QED) is 0.826. The summed E-state index contributed by atoms with van der Waals surface area (Å²) in [7, 11) is 0. The highest BCUT2D eigenvalue weighted by Gasteiger charge is 2.21. The van der Waals surface area contributed by atoms with Crippen molar-refractivity contribution in [1.29, 1.82) is 0 Å². The van der Waals surface area contributed by atoms with Crippen LogP contribution in [0.25, 0.3) is 0 Å². The molecule has 0 bridgehead atoms. The van der Waals surface area contributed by atoms with E-state index in [0.29, 0.717) is 13.2 Å². The van der Waals surface area contributed by atoms with E-state index in [1.807, 2.05) is 12.1 Å². The summed E-state index contributed by atoms with van der Waals surface area (Å²) in [5.74, 6) is 0.793. The van der Waals surface area contributed by atoms with Crippen LogP contribution in [-0.2, 0) is 24.3 Å². The third-order valence-corrected chi connectivity index (χ3v) is 3.97. The van der Waals surface area contributed by atoms with E-state index in [4.69, 9.17) is 9.15 Å². The maximum atomic E-state index is 10.1. The van der Waals surface area contributed by atoms with Gasteiger partial charge in [0.15, 0.2) is 0 Å². The van der Waals surface area contributed by atoms with Gasteiger partial charge in [-0.1, -0.05) is 24.3 Å². The fraction of sp³-hybridized carbons (Fsp3) is 0.412. The highest BCUT2D eigenvalue weighted by Crippen LogP contribution is 2.10. The predicted octanol–water partition coefficient (Wildman–Crippen LogP) is 0.798. The normalized spacial score (nSPS) is 19.2. The van der Waals surface area contributed by atoms with Gasteiger partial charge in [0.25, 0.3) is 0 Å². The van der Waals surface area contributed by atoms with Crippen molar-refractivity contribution < 1.29 is 19.2 Å². The first-order chi connectivity index (χ1) is 10.3. The minimum atomic E-state index is -0.430. The topological polar surface area (TPSA) is 47.0 Å². The van der Waals surface area contributed by atoms with E-state index in [2.05, 4.69) is 24.3 Å². The molecule has 1 aromatic heterocycles. The van der Waals surface area contributed by atoms with Gasteiger partial charge in [0.05, 0.1) is 19.4 Å².